The first kappa shape index (κ1) is 25.5. The Morgan fingerprint density at radius 2 is 1.86 bits per heavy atom. The van der Waals surface area contributed by atoms with E-state index < -0.39 is 35.1 Å². The van der Waals surface area contributed by atoms with Crippen molar-refractivity contribution < 1.29 is 23.5 Å². The number of hydrogen-bond donors (Lipinski definition) is 2. The molecule has 5 nitrogen and oxygen atoms in total. The van der Waals surface area contributed by atoms with Crippen LogP contribution in [-0.4, -0.2) is 28.0 Å². The number of carboxylic acids is 1. The molecule has 35 heavy (non-hydrogen) atoms. The number of carbonyl (C=O) groups excluding carboxylic acids is 1. The van der Waals surface area contributed by atoms with Crippen molar-refractivity contribution >= 4 is 22.6 Å². The molecule has 1 atom stereocenters. The molecule has 180 valence electrons. The number of aromatic nitrogens is 1. The lowest BCUT2D eigenvalue weighted by atomic mass is 9.98. The lowest BCUT2D eigenvalue weighted by Gasteiger charge is -2.16. The number of carboxylic acid groups (broad SMARTS) is 1. The summed E-state index contributed by atoms with van der Waals surface area (Å²) >= 11 is 0. The summed E-state index contributed by atoms with van der Waals surface area (Å²) in [6.45, 7) is 8.20. The van der Waals surface area contributed by atoms with Crippen molar-refractivity contribution in [2.75, 3.05) is 0 Å². The molecular weight excluding hydrogens is 450 g/mol. The van der Waals surface area contributed by atoms with Crippen molar-refractivity contribution in [3.63, 3.8) is 0 Å². The van der Waals surface area contributed by atoms with Crippen molar-refractivity contribution in [1.82, 2.24) is 10.3 Å². The van der Waals surface area contributed by atoms with Gasteiger partial charge in [-0.05, 0) is 40.6 Å². The zero-order valence-electron chi connectivity index (χ0n) is 19.4. The van der Waals surface area contributed by atoms with Gasteiger partial charge in [0.25, 0.3) is 5.91 Å². The van der Waals surface area contributed by atoms with Gasteiger partial charge < -0.3 is 10.4 Å². The maximum Gasteiger partial charge on any atom is 0.326 e. The van der Waals surface area contributed by atoms with Crippen LogP contribution in [0.5, 0.6) is 0 Å². The van der Waals surface area contributed by atoms with Crippen LogP contribution in [-0.2, 0) is 28.9 Å². The monoisotopic (exact) mass is 476 g/mol. The lowest BCUT2D eigenvalue weighted by Crippen LogP contribution is -2.43. The van der Waals surface area contributed by atoms with E-state index in [2.05, 4.69) is 48.6 Å². The van der Waals surface area contributed by atoms with Crippen molar-refractivity contribution in [2.45, 2.75) is 32.2 Å². The Kier molecular flexibility index (Phi) is 8.25. The fraction of sp³-hybridized carbons (Fsp3) is 0.179. The molecule has 7 heteroatoms. The standard InChI is InChI=1S/C28H26F2N2O3/c1-4-18-9-10-22-21(14-18)11-12-31-24(22)15-19-7-6-8-20(13-19)16-25(28(34)35)32-27(33)26(17(3)29)23(30)5-2/h5-14,25H,2-4,15-16H2,1H3,(H,32,33)(H,34,35)/b26-23-. The molecule has 0 aliphatic heterocycles. The van der Waals surface area contributed by atoms with Crippen LogP contribution in [0.25, 0.3) is 10.8 Å². The zero-order valence-corrected chi connectivity index (χ0v) is 19.4. The van der Waals surface area contributed by atoms with Gasteiger partial charge in [-0.1, -0.05) is 62.5 Å². The maximum atomic E-state index is 13.8. The number of amides is 1. The van der Waals surface area contributed by atoms with Crippen LogP contribution in [0.1, 0.15) is 29.3 Å². The largest absolute Gasteiger partial charge is 0.480 e. The smallest absolute Gasteiger partial charge is 0.326 e. The molecule has 0 fully saturated rings. The zero-order chi connectivity index (χ0) is 25.5. The molecule has 0 bridgehead atoms. The molecule has 1 aromatic heterocycles. The summed E-state index contributed by atoms with van der Waals surface area (Å²) in [5.74, 6) is -5.10. The second kappa shape index (κ2) is 11.3. The van der Waals surface area contributed by atoms with E-state index in [-0.39, 0.29) is 6.42 Å². The highest BCUT2D eigenvalue weighted by Crippen LogP contribution is 2.22. The molecule has 2 aromatic carbocycles. The van der Waals surface area contributed by atoms with E-state index >= 15 is 0 Å². The van der Waals surface area contributed by atoms with Crippen LogP contribution in [0, 0.1) is 0 Å². The Hall–Kier alpha value is -4.13. The summed E-state index contributed by atoms with van der Waals surface area (Å²) in [5, 5.41) is 13.9. The first-order chi connectivity index (χ1) is 16.7. The number of nitrogens with one attached hydrogen (secondary N) is 1. The van der Waals surface area contributed by atoms with Crippen molar-refractivity contribution in [3.8, 4) is 0 Å². The van der Waals surface area contributed by atoms with Crippen LogP contribution in [0.15, 0.2) is 91.2 Å². The van der Waals surface area contributed by atoms with Crippen molar-refractivity contribution in [2.24, 2.45) is 0 Å². The average molecular weight is 477 g/mol. The van der Waals surface area contributed by atoms with Crippen molar-refractivity contribution in [1.29, 1.82) is 0 Å². The molecule has 0 spiro atoms. The molecular formula is C28H26F2N2O3. The van der Waals surface area contributed by atoms with E-state index in [1.807, 2.05) is 18.2 Å². The normalized spacial score (nSPS) is 12.5. The number of hydrogen-bond acceptors (Lipinski definition) is 3. The first-order valence-electron chi connectivity index (χ1n) is 11.1. The molecule has 1 heterocycles. The summed E-state index contributed by atoms with van der Waals surface area (Å²) in [5.41, 5.74) is 2.70. The van der Waals surface area contributed by atoms with Gasteiger partial charge in [-0.2, -0.15) is 0 Å². The van der Waals surface area contributed by atoms with Gasteiger partial charge in [0, 0.05) is 24.4 Å². The topological polar surface area (TPSA) is 79.3 Å². The van der Waals surface area contributed by atoms with Gasteiger partial charge in [-0.15, -0.1) is 0 Å². The molecule has 1 unspecified atom stereocenters. The van der Waals surface area contributed by atoms with Gasteiger partial charge >= 0.3 is 5.97 Å². The number of pyridine rings is 1. The fourth-order valence-corrected chi connectivity index (χ4v) is 3.84. The number of benzene rings is 2. The third kappa shape index (κ3) is 6.26. The number of allylic oxidation sites excluding steroid dienone is 2. The summed E-state index contributed by atoms with van der Waals surface area (Å²) in [6, 6.07) is 14.1. The predicted octanol–water partition coefficient (Wildman–Crippen LogP) is 5.39. The van der Waals surface area contributed by atoms with E-state index in [0.29, 0.717) is 18.1 Å². The van der Waals surface area contributed by atoms with E-state index in [9.17, 15) is 23.5 Å². The SMILES string of the molecule is C=C/C(F)=C(\C(=C)F)C(=O)NC(Cc1cccc(Cc2nccc3cc(CC)ccc23)c1)C(=O)O. The number of fused-ring (bicyclic) bond motifs is 1. The average Bonchev–Trinajstić information content (AvgIpc) is 2.83. The quantitative estimate of drug-likeness (QED) is 0.304. The molecule has 0 aliphatic rings. The third-order valence-electron chi connectivity index (χ3n) is 5.64. The number of aliphatic carboxylic acids is 1. The van der Waals surface area contributed by atoms with Crippen LogP contribution in [0.4, 0.5) is 8.78 Å². The van der Waals surface area contributed by atoms with Crippen LogP contribution >= 0.6 is 0 Å². The second-order valence-corrected chi connectivity index (χ2v) is 8.06. The van der Waals surface area contributed by atoms with Crippen LogP contribution < -0.4 is 5.32 Å². The number of nitrogens with zero attached hydrogens (tertiary/aromatic N) is 1. The van der Waals surface area contributed by atoms with Gasteiger partial charge in [0.2, 0.25) is 0 Å². The number of aryl methyl sites for hydroxylation is 1. The highest BCUT2D eigenvalue weighted by atomic mass is 19.1. The summed E-state index contributed by atoms with van der Waals surface area (Å²) in [7, 11) is 0. The molecule has 2 N–H and O–H groups in total. The lowest BCUT2D eigenvalue weighted by molar-refractivity contribution is -0.141. The van der Waals surface area contributed by atoms with Crippen molar-refractivity contribution in [3.05, 3.63) is 114 Å². The second-order valence-electron chi connectivity index (χ2n) is 8.06. The third-order valence-corrected chi connectivity index (χ3v) is 5.64. The predicted molar refractivity (Wildman–Crippen MR) is 132 cm³/mol. The maximum absolute atomic E-state index is 13.8. The Morgan fingerprint density at radius 3 is 2.51 bits per heavy atom. The molecule has 3 aromatic rings. The van der Waals surface area contributed by atoms with Crippen LogP contribution in [0.2, 0.25) is 0 Å². The molecule has 3 rings (SSSR count). The Morgan fingerprint density at radius 1 is 1.11 bits per heavy atom. The molecule has 1 amide bonds. The first-order valence-corrected chi connectivity index (χ1v) is 11.1. The van der Waals surface area contributed by atoms with E-state index in [1.54, 1.807) is 18.3 Å². The Labute approximate surface area is 202 Å². The van der Waals surface area contributed by atoms with E-state index in [0.717, 1.165) is 28.5 Å². The van der Waals surface area contributed by atoms with Gasteiger partial charge in [0.05, 0.1) is 5.69 Å². The Bertz CT molecular complexity index is 1330. The minimum atomic E-state index is -1.41. The number of carbonyl (C=O) groups is 2. The highest BCUT2D eigenvalue weighted by Gasteiger charge is 2.25. The summed E-state index contributed by atoms with van der Waals surface area (Å²) in [6.07, 6.45) is 3.81. The highest BCUT2D eigenvalue weighted by molar-refractivity contribution is 5.99. The van der Waals surface area contributed by atoms with Crippen LogP contribution in [0.3, 0.4) is 0 Å². The Balaban J connectivity index is 1.82. The van der Waals surface area contributed by atoms with Gasteiger partial charge in [-0.25, -0.2) is 13.6 Å². The summed E-state index contributed by atoms with van der Waals surface area (Å²) in [4.78, 5) is 28.6. The van der Waals surface area contributed by atoms with Gasteiger partial charge in [0.1, 0.15) is 23.3 Å². The molecule has 0 radical (unpaired) electrons. The van der Waals surface area contributed by atoms with Gasteiger partial charge in [0.15, 0.2) is 0 Å². The molecule has 0 saturated heterocycles. The van der Waals surface area contributed by atoms with E-state index in [1.165, 1.54) is 5.56 Å². The van der Waals surface area contributed by atoms with Gasteiger partial charge in [-0.3, -0.25) is 9.78 Å². The molecule has 0 saturated carbocycles. The minimum Gasteiger partial charge on any atom is -0.480 e. The summed E-state index contributed by atoms with van der Waals surface area (Å²) < 4.78 is 27.4. The van der Waals surface area contributed by atoms with E-state index in [4.69, 9.17) is 0 Å². The fourth-order valence-electron chi connectivity index (χ4n) is 3.84. The molecule has 0 aliphatic carbocycles. The number of rotatable bonds is 10. The minimum absolute atomic E-state index is 0.0838. The number of halogens is 2.